The number of carbonyl (C=O) groups is 3. The molecule has 0 heterocycles. The Kier molecular flexibility index (Phi) is 34.0. The third-order valence-electron chi connectivity index (χ3n) is 5.61. The molecule has 0 saturated carbocycles. The van der Waals surface area contributed by atoms with E-state index >= 15 is 0 Å². The van der Waals surface area contributed by atoms with E-state index in [1.165, 1.54) is 0 Å². The number of unbranched alkanes of at least 4 members (excludes halogenated alkanes) is 2. The first kappa shape index (κ1) is 45.9. The maximum atomic E-state index is 11.7. The molecule has 0 rings (SSSR count). The number of nitrogens with one attached hydrogen (secondary N) is 1. The number of nitrogens with zero attached hydrogens (tertiary/aromatic N) is 3. The van der Waals surface area contributed by atoms with Crippen molar-refractivity contribution in [3.63, 3.8) is 0 Å². The van der Waals surface area contributed by atoms with Crippen molar-refractivity contribution in [3.8, 4) is 0 Å². The van der Waals surface area contributed by atoms with Crippen LogP contribution < -0.4 is 15.5 Å². The molecule has 2 unspecified atom stereocenters. The normalized spacial score (nSPS) is 13.1. The third-order valence-corrected chi connectivity index (χ3v) is 5.61. The minimum atomic E-state index is -1.15. The fourth-order valence-electron chi connectivity index (χ4n) is 3.57. The van der Waals surface area contributed by atoms with Crippen molar-refractivity contribution < 1.29 is 39.9 Å². The van der Waals surface area contributed by atoms with Crippen molar-refractivity contribution in [2.45, 2.75) is 104 Å². The van der Waals surface area contributed by atoms with Crippen LogP contribution in [0, 0.1) is 0 Å². The first-order valence-corrected chi connectivity index (χ1v) is 14.9. The average molecular weight is 639 g/mol. The molecule has 0 aliphatic rings. The van der Waals surface area contributed by atoms with Crippen LogP contribution in [-0.2, 0) is 14.4 Å². The Morgan fingerprint density at radius 2 is 1.33 bits per heavy atom. The summed E-state index contributed by atoms with van der Waals surface area (Å²) in [5.74, 6) is -2.28. The largest absolute Gasteiger partial charge is 2.00 e. The van der Waals surface area contributed by atoms with Crippen molar-refractivity contribution in [3.05, 3.63) is 24.3 Å². The van der Waals surface area contributed by atoms with Gasteiger partial charge in [-0.15, -0.1) is 0 Å². The molecule has 43 heavy (non-hydrogen) atoms. The van der Waals surface area contributed by atoms with E-state index in [2.05, 4.69) is 42.4 Å². The van der Waals surface area contributed by atoms with Crippen LogP contribution in [0.4, 0.5) is 0 Å². The van der Waals surface area contributed by atoms with E-state index in [9.17, 15) is 34.8 Å². The van der Waals surface area contributed by atoms with E-state index in [0.29, 0.717) is 25.9 Å². The van der Waals surface area contributed by atoms with Gasteiger partial charge in [-0.05, 0) is 71.1 Å². The van der Waals surface area contributed by atoms with Crippen LogP contribution >= 0.6 is 0 Å². The van der Waals surface area contributed by atoms with Crippen molar-refractivity contribution in [1.82, 2.24) is 15.1 Å². The van der Waals surface area contributed by atoms with E-state index in [1.807, 2.05) is 6.08 Å². The van der Waals surface area contributed by atoms with Crippen molar-refractivity contribution >= 4 is 61.5 Å². The summed E-state index contributed by atoms with van der Waals surface area (Å²) in [5, 5.41) is 52.2. The fraction of sp³-hybridized carbons (Fsp3) is 0.733. The summed E-state index contributed by atoms with van der Waals surface area (Å²) in [6.07, 6.45) is 13.1. The minimum absolute atomic E-state index is 0. The molecular formula is C30H54CaN4O8. The Morgan fingerprint density at radius 1 is 0.814 bits per heavy atom. The van der Waals surface area contributed by atoms with Gasteiger partial charge >= 0.3 is 43.7 Å². The maximum Gasteiger partial charge on any atom is 2.00 e. The van der Waals surface area contributed by atoms with Gasteiger partial charge < -0.3 is 35.6 Å². The topological polar surface area (TPSA) is 189 Å². The predicted molar refractivity (Wildman–Crippen MR) is 166 cm³/mol. The van der Waals surface area contributed by atoms with Gasteiger partial charge in [0, 0.05) is 38.6 Å². The zero-order chi connectivity index (χ0) is 32.2. The molecular weight excluding hydrogens is 584 g/mol. The van der Waals surface area contributed by atoms with Gasteiger partial charge in [0.25, 0.3) is 0 Å². The van der Waals surface area contributed by atoms with Crippen LogP contribution in [0.3, 0.4) is 0 Å². The molecule has 0 aromatic heterocycles. The summed E-state index contributed by atoms with van der Waals surface area (Å²) >= 11 is 0. The van der Waals surface area contributed by atoms with Crippen LogP contribution in [-0.4, -0.2) is 138 Å². The van der Waals surface area contributed by atoms with Gasteiger partial charge in [-0.3, -0.25) is 24.4 Å². The SMILES string of the molecule is CC/C=C/CCCC(=O)NCN(CCC(=O)O)CC(C)O.CC/C=C/CCCC([O-])=NCN(CCC(=O)[O-])CC(C)O.[Ca+2]. The summed E-state index contributed by atoms with van der Waals surface area (Å²) < 4.78 is 0. The van der Waals surface area contributed by atoms with Gasteiger partial charge in [-0.25, -0.2) is 0 Å². The molecule has 244 valence electrons. The first-order chi connectivity index (χ1) is 19.9. The number of aliphatic imine (C=N–C) groups is 1. The van der Waals surface area contributed by atoms with Gasteiger partial charge in [0.05, 0.1) is 32.0 Å². The molecule has 0 bridgehead atoms. The fourth-order valence-corrected chi connectivity index (χ4v) is 3.57. The second-order valence-corrected chi connectivity index (χ2v) is 10.1. The molecule has 0 fully saturated rings. The molecule has 1 amide bonds. The van der Waals surface area contributed by atoms with E-state index in [1.54, 1.807) is 23.6 Å². The number of aliphatic hydroxyl groups excluding tert-OH is 2. The van der Waals surface area contributed by atoms with E-state index in [0.717, 1.165) is 38.5 Å². The number of hydrogen-bond acceptors (Lipinski definition) is 10. The van der Waals surface area contributed by atoms with Gasteiger partial charge in [-0.2, -0.15) is 0 Å². The predicted octanol–water partition coefficient (Wildman–Crippen LogP) is 0.635. The summed E-state index contributed by atoms with van der Waals surface area (Å²) in [6.45, 7) is 8.88. The van der Waals surface area contributed by atoms with Crippen LogP contribution in [0.1, 0.15) is 91.9 Å². The monoisotopic (exact) mass is 638 g/mol. The van der Waals surface area contributed by atoms with Gasteiger partial charge in [0.1, 0.15) is 0 Å². The number of allylic oxidation sites excluding steroid dienone is 4. The van der Waals surface area contributed by atoms with Crippen molar-refractivity contribution in [2.24, 2.45) is 4.99 Å². The summed E-state index contributed by atoms with van der Waals surface area (Å²) in [4.78, 5) is 40.0. The zero-order valence-electron chi connectivity index (χ0n) is 26.7. The summed E-state index contributed by atoms with van der Waals surface area (Å²) in [5.41, 5.74) is 0. The quantitative estimate of drug-likeness (QED) is 0.0292. The van der Waals surface area contributed by atoms with Crippen molar-refractivity contribution in [1.29, 1.82) is 0 Å². The van der Waals surface area contributed by atoms with Crippen LogP contribution in [0.2, 0.25) is 0 Å². The van der Waals surface area contributed by atoms with E-state index in [4.69, 9.17) is 5.11 Å². The smallest absolute Gasteiger partial charge is 0.862 e. The standard InChI is InChI=1S/2C15H28N2O4.Ca/c2*1-3-4-5-6-7-8-14(19)16-12-17(11-13(2)18)10-9-15(20)21;/h2*4-5,13,18H,3,6-12H2,1-2H3,(H,16,19)(H,20,21);/q;;+2/p-2/b2*5-4+;. The van der Waals surface area contributed by atoms with Gasteiger partial charge in [0.15, 0.2) is 0 Å². The number of hydrogen-bond donors (Lipinski definition) is 4. The Hall–Kier alpha value is -1.54. The Balaban J connectivity index is -0.000000727. The molecule has 0 aliphatic carbocycles. The summed E-state index contributed by atoms with van der Waals surface area (Å²) in [7, 11) is 0. The molecule has 0 aromatic carbocycles. The van der Waals surface area contributed by atoms with Gasteiger partial charge in [-0.1, -0.05) is 38.2 Å². The number of amides is 1. The van der Waals surface area contributed by atoms with Crippen molar-refractivity contribution in [2.75, 3.05) is 39.5 Å². The molecule has 0 aromatic rings. The van der Waals surface area contributed by atoms with E-state index in [-0.39, 0.29) is 88.8 Å². The number of carboxylic acids is 2. The number of carboxylic acid groups (broad SMARTS) is 2. The number of carbonyl (C=O) groups excluding carboxylic acids is 2. The molecule has 4 N–H and O–H groups in total. The molecule has 0 radical (unpaired) electrons. The number of rotatable bonds is 24. The number of aliphatic carboxylic acids is 2. The van der Waals surface area contributed by atoms with E-state index < -0.39 is 24.1 Å². The third kappa shape index (κ3) is 36.6. The first-order valence-electron chi connectivity index (χ1n) is 14.9. The second kappa shape index (κ2) is 31.9. The second-order valence-electron chi connectivity index (χ2n) is 10.1. The molecule has 0 saturated heterocycles. The molecule has 12 nitrogen and oxygen atoms in total. The molecule has 0 spiro atoms. The van der Waals surface area contributed by atoms with Gasteiger partial charge in [0.2, 0.25) is 5.91 Å². The Labute approximate surface area is 287 Å². The maximum absolute atomic E-state index is 11.7. The zero-order valence-corrected chi connectivity index (χ0v) is 28.9. The Bertz CT molecular complexity index is 807. The van der Waals surface area contributed by atoms with Crippen LogP contribution in [0.15, 0.2) is 29.3 Å². The van der Waals surface area contributed by atoms with Crippen LogP contribution in [0.5, 0.6) is 0 Å². The Morgan fingerprint density at radius 3 is 1.81 bits per heavy atom. The van der Waals surface area contributed by atoms with Crippen LogP contribution in [0.25, 0.3) is 0 Å². The molecule has 0 aliphatic heterocycles. The average Bonchev–Trinajstić information content (AvgIpc) is 2.91. The minimum Gasteiger partial charge on any atom is -0.862 e. The summed E-state index contributed by atoms with van der Waals surface area (Å²) in [6, 6.07) is 0. The molecule has 2 atom stereocenters. The number of aliphatic hydroxyl groups is 2. The molecule has 13 heteroatoms.